The Morgan fingerprint density at radius 3 is 2.29 bits per heavy atom. The van der Waals surface area contributed by atoms with Crippen molar-refractivity contribution < 1.29 is 14.8 Å². The predicted octanol–water partition coefficient (Wildman–Crippen LogP) is 2.70. The summed E-state index contributed by atoms with van der Waals surface area (Å²) in [6, 6.07) is 14.1. The maximum Gasteiger partial charge on any atom is 0.326 e. The molecule has 0 heterocycles. The zero-order valence-corrected chi connectivity index (χ0v) is 11.1. The Morgan fingerprint density at radius 2 is 1.76 bits per heavy atom. The van der Waals surface area contributed by atoms with Gasteiger partial charge in [0.2, 0.25) is 0 Å². The molecule has 0 aliphatic rings. The number of aliphatic carboxylic acids is 1. The first kappa shape index (κ1) is 14.5. The molecular formula is C15H14N2O4. The Labute approximate surface area is 121 Å². The van der Waals surface area contributed by atoms with E-state index in [1.165, 1.54) is 24.3 Å². The molecule has 0 saturated carbocycles. The van der Waals surface area contributed by atoms with Gasteiger partial charge in [0, 0.05) is 24.2 Å². The third-order valence-corrected chi connectivity index (χ3v) is 3.00. The van der Waals surface area contributed by atoms with Crippen LogP contribution in [0.2, 0.25) is 0 Å². The standard InChI is InChI=1S/C15H14N2O4/c18-15(19)14(10-11-4-2-1-3-5-11)16-12-6-8-13(9-7-12)17(20)21/h1-9,14,16H,10H2,(H,18,19)/t14-/m1/s1. The number of benzene rings is 2. The lowest BCUT2D eigenvalue weighted by Gasteiger charge is -2.15. The van der Waals surface area contributed by atoms with Crippen molar-refractivity contribution in [1.29, 1.82) is 0 Å². The molecule has 0 radical (unpaired) electrons. The first-order valence-corrected chi connectivity index (χ1v) is 6.34. The summed E-state index contributed by atoms with van der Waals surface area (Å²) < 4.78 is 0. The van der Waals surface area contributed by atoms with Crippen LogP contribution < -0.4 is 5.32 Å². The average Bonchev–Trinajstić information content (AvgIpc) is 2.48. The lowest BCUT2D eigenvalue weighted by atomic mass is 10.1. The van der Waals surface area contributed by atoms with Crippen LogP contribution >= 0.6 is 0 Å². The van der Waals surface area contributed by atoms with Crippen molar-refractivity contribution >= 4 is 17.3 Å². The molecule has 6 heteroatoms. The summed E-state index contributed by atoms with van der Waals surface area (Å²) >= 11 is 0. The van der Waals surface area contributed by atoms with Gasteiger partial charge in [-0.2, -0.15) is 0 Å². The maximum atomic E-state index is 11.3. The molecule has 2 rings (SSSR count). The van der Waals surface area contributed by atoms with Crippen molar-refractivity contribution in [2.75, 3.05) is 5.32 Å². The summed E-state index contributed by atoms with van der Waals surface area (Å²) in [4.78, 5) is 21.4. The predicted molar refractivity (Wildman–Crippen MR) is 78.3 cm³/mol. The smallest absolute Gasteiger partial charge is 0.326 e. The van der Waals surface area contributed by atoms with E-state index in [-0.39, 0.29) is 5.69 Å². The first-order valence-electron chi connectivity index (χ1n) is 6.34. The molecule has 0 unspecified atom stereocenters. The number of rotatable bonds is 6. The topological polar surface area (TPSA) is 92.5 Å². The lowest BCUT2D eigenvalue weighted by molar-refractivity contribution is -0.384. The van der Waals surface area contributed by atoms with Crippen molar-refractivity contribution in [2.45, 2.75) is 12.5 Å². The summed E-state index contributed by atoms with van der Waals surface area (Å²) in [6.45, 7) is 0. The van der Waals surface area contributed by atoms with Gasteiger partial charge in [0.05, 0.1) is 4.92 Å². The number of carboxylic acid groups (broad SMARTS) is 1. The first-order chi connectivity index (χ1) is 10.1. The summed E-state index contributed by atoms with van der Waals surface area (Å²) in [5.74, 6) is -0.975. The SMILES string of the molecule is O=C(O)[C@@H](Cc1ccccc1)Nc1ccc([N+](=O)[O-])cc1. The number of hydrogen-bond acceptors (Lipinski definition) is 4. The number of nitro benzene ring substituents is 1. The number of hydrogen-bond donors (Lipinski definition) is 2. The van der Waals surface area contributed by atoms with Crippen LogP contribution in [0.3, 0.4) is 0 Å². The summed E-state index contributed by atoms with van der Waals surface area (Å²) in [7, 11) is 0. The fraction of sp³-hybridized carbons (Fsp3) is 0.133. The fourth-order valence-corrected chi connectivity index (χ4v) is 1.93. The summed E-state index contributed by atoms with van der Waals surface area (Å²) in [5.41, 5.74) is 1.40. The van der Waals surface area contributed by atoms with Gasteiger partial charge in [-0.1, -0.05) is 30.3 Å². The second-order valence-corrected chi connectivity index (χ2v) is 4.53. The minimum atomic E-state index is -0.975. The van der Waals surface area contributed by atoms with Gasteiger partial charge in [-0.3, -0.25) is 10.1 Å². The average molecular weight is 286 g/mol. The molecule has 2 aromatic carbocycles. The molecular weight excluding hydrogens is 272 g/mol. The highest BCUT2D eigenvalue weighted by Crippen LogP contribution is 2.17. The zero-order chi connectivity index (χ0) is 15.2. The van der Waals surface area contributed by atoms with E-state index in [1.54, 1.807) is 0 Å². The van der Waals surface area contributed by atoms with E-state index >= 15 is 0 Å². The van der Waals surface area contributed by atoms with Gasteiger partial charge in [-0.15, -0.1) is 0 Å². The van der Waals surface area contributed by atoms with Crippen LogP contribution in [0.15, 0.2) is 54.6 Å². The molecule has 0 fully saturated rings. The van der Waals surface area contributed by atoms with E-state index < -0.39 is 16.9 Å². The minimum Gasteiger partial charge on any atom is -0.480 e. The van der Waals surface area contributed by atoms with Gasteiger partial charge in [-0.25, -0.2) is 4.79 Å². The number of nitro groups is 1. The molecule has 21 heavy (non-hydrogen) atoms. The van der Waals surface area contributed by atoms with Gasteiger partial charge in [0.25, 0.3) is 5.69 Å². The normalized spacial score (nSPS) is 11.6. The van der Waals surface area contributed by atoms with E-state index in [0.29, 0.717) is 12.1 Å². The van der Waals surface area contributed by atoms with Crippen LogP contribution in [-0.2, 0) is 11.2 Å². The zero-order valence-electron chi connectivity index (χ0n) is 11.1. The molecule has 0 amide bonds. The van der Waals surface area contributed by atoms with Crippen LogP contribution in [0.4, 0.5) is 11.4 Å². The second kappa shape index (κ2) is 6.51. The van der Waals surface area contributed by atoms with Gasteiger partial charge >= 0.3 is 5.97 Å². The molecule has 0 aliphatic heterocycles. The third kappa shape index (κ3) is 4.04. The van der Waals surface area contributed by atoms with E-state index in [4.69, 9.17) is 0 Å². The Bertz CT molecular complexity index is 626. The van der Waals surface area contributed by atoms with Gasteiger partial charge in [0.15, 0.2) is 0 Å². The molecule has 0 saturated heterocycles. The fourth-order valence-electron chi connectivity index (χ4n) is 1.93. The third-order valence-electron chi connectivity index (χ3n) is 3.00. The number of nitrogens with one attached hydrogen (secondary N) is 1. The Hall–Kier alpha value is -2.89. The molecule has 2 N–H and O–H groups in total. The molecule has 2 aromatic rings. The van der Waals surface area contributed by atoms with E-state index in [1.807, 2.05) is 30.3 Å². The Kier molecular flexibility index (Phi) is 4.50. The number of carbonyl (C=O) groups is 1. The molecule has 1 atom stereocenters. The Balaban J connectivity index is 2.09. The molecule has 0 aliphatic carbocycles. The Morgan fingerprint density at radius 1 is 1.14 bits per heavy atom. The summed E-state index contributed by atoms with van der Waals surface area (Å²) in [5, 5.41) is 22.7. The molecule has 6 nitrogen and oxygen atoms in total. The number of carboxylic acids is 1. The van der Waals surface area contributed by atoms with E-state index in [9.17, 15) is 20.0 Å². The molecule has 0 aromatic heterocycles. The van der Waals surface area contributed by atoms with Crippen molar-refractivity contribution in [3.8, 4) is 0 Å². The second-order valence-electron chi connectivity index (χ2n) is 4.53. The van der Waals surface area contributed by atoms with Crippen LogP contribution in [0.25, 0.3) is 0 Å². The van der Waals surface area contributed by atoms with Gasteiger partial charge < -0.3 is 10.4 Å². The highest BCUT2D eigenvalue weighted by atomic mass is 16.6. The molecule has 0 spiro atoms. The van der Waals surface area contributed by atoms with Gasteiger partial charge in [0.1, 0.15) is 6.04 Å². The van der Waals surface area contributed by atoms with Gasteiger partial charge in [-0.05, 0) is 17.7 Å². The minimum absolute atomic E-state index is 0.0320. The molecule has 0 bridgehead atoms. The van der Waals surface area contributed by atoms with Crippen molar-refractivity contribution in [1.82, 2.24) is 0 Å². The van der Waals surface area contributed by atoms with Crippen LogP contribution in [0, 0.1) is 10.1 Å². The number of non-ortho nitro benzene ring substituents is 1. The monoisotopic (exact) mass is 286 g/mol. The summed E-state index contributed by atoms with van der Waals surface area (Å²) in [6.07, 6.45) is 0.327. The highest BCUT2D eigenvalue weighted by Gasteiger charge is 2.18. The maximum absolute atomic E-state index is 11.3. The highest BCUT2D eigenvalue weighted by molar-refractivity contribution is 5.77. The van der Waals surface area contributed by atoms with Crippen molar-refractivity contribution in [3.63, 3.8) is 0 Å². The van der Waals surface area contributed by atoms with Crippen LogP contribution in [-0.4, -0.2) is 22.0 Å². The van der Waals surface area contributed by atoms with Crippen molar-refractivity contribution in [2.24, 2.45) is 0 Å². The largest absolute Gasteiger partial charge is 0.480 e. The number of nitrogens with zero attached hydrogens (tertiary/aromatic N) is 1. The molecule has 108 valence electrons. The van der Waals surface area contributed by atoms with Crippen LogP contribution in [0.5, 0.6) is 0 Å². The van der Waals surface area contributed by atoms with Crippen LogP contribution in [0.1, 0.15) is 5.56 Å². The van der Waals surface area contributed by atoms with E-state index in [2.05, 4.69) is 5.32 Å². The number of anilines is 1. The quantitative estimate of drug-likeness (QED) is 0.629. The van der Waals surface area contributed by atoms with Crippen molar-refractivity contribution in [3.05, 3.63) is 70.3 Å². The lowest BCUT2D eigenvalue weighted by Crippen LogP contribution is -2.31. The van der Waals surface area contributed by atoms with E-state index in [0.717, 1.165) is 5.56 Å².